The molecule has 0 atom stereocenters. The van der Waals surface area contributed by atoms with Crippen molar-refractivity contribution in [2.75, 3.05) is 0 Å². The molecule has 286 valence electrons. The van der Waals surface area contributed by atoms with Crippen LogP contribution in [0.25, 0.3) is 16.5 Å². The van der Waals surface area contributed by atoms with Gasteiger partial charge in [0.2, 0.25) is 20.0 Å². The van der Waals surface area contributed by atoms with Gasteiger partial charge in [-0.25, -0.2) is 31.4 Å². The van der Waals surface area contributed by atoms with Crippen LogP contribution < -0.4 is 59.8 Å². The predicted molar refractivity (Wildman–Crippen MR) is 193 cm³/mol. The fraction of sp³-hybridized carbons (Fsp3) is 0.114. The number of aryl methyl sites for hydroxylation is 1. The van der Waals surface area contributed by atoms with Crippen molar-refractivity contribution in [3.8, 4) is 28.8 Å². The number of sulfonamides is 2. The van der Waals surface area contributed by atoms with Crippen molar-refractivity contribution in [2.45, 2.75) is 36.6 Å². The van der Waals surface area contributed by atoms with Gasteiger partial charge in [-0.3, -0.25) is 0 Å². The van der Waals surface area contributed by atoms with Crippen LogP contribution in [0.5, 0.6) is 23.1 Å². The molecule has 1 aromatic heterocycles. The number of benzene rings is 5. The predicted octanol–water partition coefficient (Wildman–Crippen LogP) is 2.13. The fourth-order valence-electron chi connectivity index (χ4n) is 4.82. The fourth-order valence-corrected chi connectivity index (χ4v) is 6.81. The van der Waals surface area contributed by atoms with Crippen molar-refractivity contribution in [3.63, 3.8) is 0 Å². The summed E-state index contributed by atoms with van der Waals surface area (Å²) in [6, 6.07) is 22.8. The topological polar surface area (TPSA) is 266 Å². The zero-order valence-electron chi connectivity index (χ0n) is 29.9. The molecule has 0 aliphatic heterocycles. The summed E-state index contributed by atoms with van der Waals surface area (Å²) in [6.07, 6.45) is 0. The van der Waals surface area contributed by atoms with E-state index in [2.05, 4.69) is 30.3 Å². The molecule has 21 heteroatoms. The van der Waals surface area contributed by atoms with Crippen LogP contribution in [0.4, 0.5) is 22.7 Å². The monoisotopic (exact) mass is 870 g/mol. The van der Waals surface area contributed by atoms with Gasteiger partial charge in [-0.05, 0) is 68.6 Å². The van der Waals surface area contributed by atoms with Crippen molar-refractivity contribution >= 4 is 65.2 Å². The summed E-state index contributed by atoms with van der Waals surface area (Å²) in [5, 5.41) is 74.8. The number of nitrogens with one attached hydrogen (secondary N) is 1. The smallest absolute Gasteiger partial charge is 0.871 e. The molecule has 0 aliphatic rings. The molecule has 6 rings (SSSR count). The molecule has 3 N–H and O–H groups in total. The van der Waals surface area contributed by atoms with E-state index >= 15 is 0 Å². The van der Waals surface area contributed by atoms with E-state index in [4.69, 9.17) is 16.7 Å². The van der Waals surface area contributed by atoms with E-state index < -0.39 is 37.4 Å². The molecule has 0 radical (unpaired) electrons. The van der Waals surface area contributed by atoms with E-state index in [9.17, 15) is 37.3 Å². The quantitative estimate of drug-likeness (QED) is 0.159. The van der Waals surface area contributed by atoms with E-state index in [0.29, 0.717) is 10.4 Å². The molecule has 0 amide bonds. The number of hydrogen-bond acceptors (Lipinski definition) is 13. The summed E-state index contributed by atoms with van der Waals surface area (Å²) in [5.41, 5.74) is 0.276. The minimum absolute atomic E-state index is 0. The number of fused-ring (bicyclic) bond motifs is 1. The number of aromatic nitrogens is 2. The third kappa shape index (κ3) is 11.1. The molecule has 0 saturated carbocycles. The molecule has 1 heterocycles. The van der Waals surface area contributed by atoms with Gasteiger partial charge in [-0.15, -0.1) is 5.11 Å². The van der Waals surface area contributed by atoms with Crippen LogP contribution in [0, 0.1) is 6.92 Å². The summed E-state index contributed by atoms with van der Waals surface area (Å²) in [7, 11) is -7.71. The number of rotatable bonds is 9. The van der Waals surface area contributed by atoms with Crippen LogP contribution in [0.1, 0.15) is 19.5 Å². The van der Waals surface area contributed by atoms with Crippen LogP contribution in [0.15, 0.2) is 127 Å². The molecule has 0 bridgehead atoms. The van der Waals surface area contributed by atoms with Crippen molar-refractivity contribution < 1.29 is 83.6 Å². The third-order valence-corrected chi connectivity index (χ3v) is 10.1. The van der Waals surface area contributed by atoms with E-state index in [1.165, 1.54) is 61.5 Å². The summed E-state index contributed by atoms with van der Waals surface area (Å²) < 4.78 is 50.9. The molecule has 0 saturated heterocycles. The van der Waals surface area contributed by atoms with Crippen molar-refractivity contribution in [2.24, 2.45) is 25.6 Å². The first-order valence-corrected chi connectivity index (χ1v) is 19.1. The zero-order chi connectivity index (χ0) is 39.4. The first-order chi connectivity index (χ1) is 25.4. The van der Waals surface area contributed by atoms with Gasteiger partial charge in [0, 0.05) is 22.3 Å². The Morgan fingerprint density at radius 1 is 0.732 bits per heavy atom. The first-order valence-electron chi connectivity index (χ1n) is 15.7. The first kappa shape index (κ1) is 46.0. The Labute approximate surface area is 359 Å². The SMILES string of the molecule is CC(C)NS(=O)(=O)c1ccc([O-])c(N=Nc2c([O-])ccc3ccccc23)c1.Cc1nn(-c2cccc(S(N)(=O)=O)c2)c([O-])c1N=Nc1cc(Cl)ccc1[O-].[Co+3].[Na+]. The normalized spacial score (nSPS) is 11.7. The zero-order valence-corrected chi connectivity index (χ0v) is 35.3. The number of azo groups is 2. The molecule has 5 aromatic carbocycles. The molecule has 0 unspecified atom stereocenters. The van der Waals surface area contributed by atoms with Gasteiger partial charge in [-0.1, -0.05) is 83.4 Å². The van der Waals surface area contributed by atoms with Gasteiger partial charge in [0.15, 0.2) is 0 Å². The molecular weight excluding hydrogens is 842 g/mol. The Morgan fingerprint density at radius 2 is 1.34 bits per heavy atom. The number of halogens is 1. The Kier molecular flexibility index (Phi) is 15.7. The van der Waals surface area contributed by atoms with Crippen molar-refractivity contribution in [1.29, 1.82) is 0 Å². The van der Waals surface area contributed by atoms with E-state index in [-0.39, 0.29) is 102 Å². The van der Waals surface area contributed by atoms with Gasteiger partial charge >= 0.3 is 46.3 Å². The van der Waals surface area contributed by atoms with Crippen LogP contribution >= 0.6 is 11.6 Å². The number of nitrogens with zero attached hydrogens (tertiary/aromatic N) is 6. The van der Waals surface area contributed by atoms with Gasteiger partial charge in [0.25, 0.3) is 0 Å². The van der Waals surface area contributed by atoms with Crippen LogP contribution in [-0.4, -0.2) is 32.7 Å². The minimum atomic E-state index is -3.94. The second-order valence-electron chi connectivity index (χ2n) is 11.7. The van der Waals surface area contributed by atoms with Gasteiger partial charge in [0.05, 0.1) is 38.2 Å². The Bertz CT molecular complexity index is 2660. The number of hydrogen-bond donors (Lipinski definition) is 2. The summed E-state index contributed by atoms with van der Waals surface area (Å²) >= 11 is 5.82. The minimum Gasteiger partial charge on any atom is -0.871 e. The van der Waals surface area contributed by atoms with Gasteiger partial charge in [0.1, 0.15) is 5.69 Å². The maximum absolute atomic E-state index is 12.6. The van der Waals surface area contributed by atoms with E-state index in [1.54, 1.807) is 32.0 Å². The van der Waals surface area contributed by atoms with Crippen LogP contribution in [0.3, 0.4) is 0 Å². The third-order valence-electron chi connectivity index (χ3n) is 7.31. The summed E-state index contributed by atoms with van der Waals surface area (Å²) in [6.45, 7) is 4.92. The molecule has 16 nitrogen and oxygen atoms in total. The van der Waals surface area contributed by atoms with Crippen molar-refractivity contribution in [1.82, 2.24) is 14.5 Å². The van der Waals surface area contributed by atoms with Gasteiger partial charge < -0.3 is 20.4 Å². The van der Waals surface area contributed by atoms with E-state index in [0.717, 1.165) is 22.2 Å². The summed E-state index contributed by atoms with van der Waals surface area (Å²) in [5.74, 6) is -1.86. The molecule has 56 heavy (non-hydrogen) atoms. The maximum atomic E-state index is 12.6. The van der Waals surface area contributed by atoms with Crippen LogP contribution in [-0.2, 0) is 36.8 Å². The maximum Gasteiger partial charge on any atom is 3.00 e. The molecule has 0 aliphatic carbocycles. The molecular formula is C35H29ClCoN8NaO8S2. The summed E-state index contributed by atoms with van der Waals surface area (Å²) in [4.78, 5) is -0.254. The second-order valence-corrected chi connectivity index (χ2v) is 15.5. The standard InChI is InChI=1S/C19H19N3O4S.C16H14ClN5O4S.Co.Na/c1-12(2)22-27(25,26)14-8-10-17(23)16(11-14)20-21-19-15-6-4-3-5-13(15)7-9-18(19)24;1-9-15(20-19-13-7-10(17)5-6-14(13)23)16(24)22(21-9)11-3-2-4-12(8-11)27(18,25)26;;/h3-12,22-24H,1-2H3;2-8,23-24H,1H3,(H2,18,25,26);;/q;;+3;+1/p-4. The number of nitrogens with two attached hydrogens (primary N) is 1. The Balaban J connectivity index is 0.000000290. The Hall–Kier alpha value is -4.41. The van der Waals surface area contributed by atoms with Gasteiger partial charge in [-0.2, -0.15) is 20.4 Å². The molecule has 0 fully saturated rings. The average Bonchev–Trinajstić information content (AvgIpc) is 3.40. The molecule has 0 spiro atoms. The van der Waals surface area contributed by atoms with Crippen LogP contribution in [0.2, 0.25) is 5.02 Å². The average molecular weight is 871 g/mol. The largest absolute Gasteiger partial charge is 3.00 e. The Morgan fingerprint density at radius 3 is 2.00 bits per heavy atom. The second kappa shape index (κ2) is 19.2. The number of primary sulfonamides is 1. The van der Waals surface area contributed by atoms with E-state index in [1.807, 2.05) is 12.1 Å². The molecule has 6 aromatic rings. The van der Waals surface area contributed by atoms with Crippen molar-refractivity contribution in [3.05, 3.63) is 108 Å².